The van der Waals surface area contributed by atoms with E-state index in [1.165, 1.54) is 7.11 Å². The molecule has 1 heterocycles. The summed E-state index contributed by atoms with van der Waals surface area (Å²) < 4.78 is 24.7. The van der Waals surface area contributed by atoms with Gasteiger partial charge in [0.2, 0.25) is 0 Å². The van der Waals surface area contributed by atoms with Crippen molar-refractivity contribution >= 4 is 0 Å². The van der Waals surface area contributed by atoms with Gasteiger partial charge in [-0.1, -0.05) is 19.1 Å². The summed E-state index contributed by atoms with van der Waals surface area (Å²) in [6.07, 6.45) is 0.443. The van der Waals surface area contributed by atoms with Crippen LogP contribution < -0.4 is 4.74 Å². The van der Waals surface area contributed by atoms with Crippen molar-refractivity contribution in [3.8, 4) is 5.75 Å². The molecule has 1 saturated carbocycles. The molecule has 4 heteroatoms. The highest BCUT2D eigenvalue weighted by Crippen LogP contribution is 2.47. The van der Waals surface area contributed by atoms with Gasteiger partial charge in [0.1, 0.15) is 17.6 Å². The fourth-order valence-corrected chi connectivity index (χ4v) is 2.65. The fourth-order valence-electron chi connectivity index (χ4n) is 2.65. The van der Waals surface area contributed by atoms with Gasteiger partial charge in [-0.05, 0) is 36.1 Å². The molecule has 0 radical (unpaired) electrons. The average molecular weight is 290 g/mol. The minimum absolute atomic E-state index is 0.163. The molecule has 0 saturated heterocycles. The minimum Gasteiger partial charge on any atom is -0.494 e. The van der Waals surface area contributed by atoms with Crippen LogP contribution in [0.4, 0.5) is 4.39 Å². The van der Waals surface area contributed by atoms with Crippen LogP contribution in [0.5, 0.6) is 5.75 Å². The maximum atomic E-state index is 14.1. The van der Waals surface area contributed by atoms with Gasteiger partial charge in [0.25, 0.3) is 0 Å². The molecule has 1 aliphatic rings. The van der Waals surface area contributed by atoms with E-state index in [9.17, 15) is 9.50 Å². The molecule has 0 amide bonds. The van der Waals surface area contributed by atoms with E-state index in [-0.39, 0.29) is 12.2 Å². The molecule has 1 N–H and O–H groups in total. The molecule has 3 nitrogen and oxygen atoms in total. The second-order valence-corrected chi connectivity index (χ2v) is 5.71. The van der Waals surface area contributed by atoms with Gasteiger partial charge in [-0.3, -0.25) is 0 Å². The summed E-state index contributed by atoms with van der Waals surface area (Å²) in [5.41, 5.74) is 0.416. The molecule has 3 atom stereocenters. The number of hydrogen-bond acceptors (Lipinski definition) is 3. The Morgan fingerprint density at radius 3 is 2.81 bits per heavy atom. The summed E-state index contributed by atoms with van der Waals surface area (Å²) in [7, 11) is 1.42. The lowest BCUT2D eigenvalue weighted by molar-refractivity contribution is 0.147. The third-order valence-electron chi connectivity index (χ3n) is 4.13. The Kier molecular flexibility index (Phi) is 3.72. The Bertz CT molecular complexity index is 635. The fraction of sp³-hybridized carbons (Fsp3) is 0.412. The molecular formula is C17H19FO3. The minimum atomic E-state index is -0.852. The first-order valence-electron chi connectivity index (χ1n) is 7.19. The highest BCUT2D eigenvalue weighted by atomic mass is 19.1. The maximum Gasteiger partial charge on any atom is 0.168 e. The number of hydrogen-bond donors (Lipinski definition) is 1. The van der Waals surface area contributed by atoms with E-state index < -0.39 is 11.9 Å². The molecular weight excluding hydrogens is 271 g/mol. The lowest BCUT2D eigenvalue weighted by Crippen LogP contribution is -2.03. The Morgan fingerprint density at radius 2 is 2.14 bits per heavy atom. The van der Waals surface area contributed by atoms with Crippen LogP contribution in [0.3, 0.4) is 0 Å². The number of aliphatic hydroxyl groups excluding tert-OH is 1. The first-order valence-corrected chi connectivity index (χ1v) is 7.19. The zero-order chi connectivity index (χ0) is 15.0. The third kappa shape index (κ3) is 2.81. The first-order chi connectivity index (χ1) is 10.1. The van der Waals surface area contributed by atoms with Crippen molar-refractivity contribution in [1.29, 1.82) is 0 Å². The van der Waals surface area contributed by atoms with Gasteiger partial charge in [0.05, 0.1) is 7.11 Å². The van der Waals surface area contributed by atoms with Gasteiger partial charge < -0.3 is 14.3 Å². The Hall–Kier alpha value is -1.81. The van der Waals surface area contributed by atoms with E-state index in [1.807, 2.05) is 6.07 Å². The van der Waals surface area contributed by atoms with Crippen LogP contribution >= 0.6 is 0 Å². The van der Waals surface area contributed by atoms with Crippen LogP contribution in [0.1, 0.15) is 42.5 Å². The highest BCUT2D eigenvalue weighted by molar-refractivity contribution is 5.32. The number of aliphatic hydroxyl groups is 1. The van der Waals surface area contributed by atoms with Crippen molar-refractivity contribution in [3.63, 3.8) is 0 Å². The van der Waals surface area contributed by atoms with Crippen LogP contribution in [0.25, 0.3) is 0 Å². The third-order valence-corrected chi connectivity index (χ3v) is 4.13. The van der Waals surface area contributed by atoms with E-state index in [4.69, 9.17) is 9.15 Å². The summed E-state index contributed by atoms with van der Waals surface area (Å²) in [6, 6.07) is 8.61. The molecule has 1 aromatic heterocycles. The monoisotopic (exact) mass is 290 g/mol. The highest BCUT2D eigenvalue weighted by Gasteiger charge is 2.36. The first kappa shape index (κ1) is 14.1. The topological polar surface area (TPSA) is 42.6 Å². The van der Waals surface area contributed by atoms with Gasteiger partial charge in [-0.15, -0.1) is 0 Å². The number of benzene rings is 1. The van der Waals surface area contributed by atoms with Crippen molar-refractivity contribution in [1.82, 2.24) is 0 Å². The molecule has 0 spiro atoms. The van der Waals surface area contributed by atoms with Gasteiger partial charge in [0.15, 0.2) is 11.6 Å². The summed E-state index contributed by atoms with van der Waals surface area (Å²) in [6.45, 7) is 2.18. The van der Waals surface area contributed by atoms with Crippen LogP contribution in [-0.4, -0.2) is 12.2 Å². The second kappa shape index (κ2) is 5.53. The van der Waals surface area contributed by atoms with Crippen molar-refractivity contribution in [2.45, 2.75) is 31.8 Å². The molecule has 2 aromatic rings. The molecule has 1 fully saturated rings. The maximum absolute atomic E-state index is 14.1. The van der Waals surface area contributed by atoms with Gasteiger partial charge in [-0.2, -0.15) is 0 Å². The van der Waals surface area contributed by atoms with E-state index in [0.29, 0.717) is 23.2 Å². The van der Waals surface area contributed by atoms with Crippen molar-refractivity contribution in [2.75, 3.05) is 7.11 Å². The summed E-state index contributed by atoms with van der Waals surface area (Å²) in [4.78, 5) is 0. The lowest BCUT2D eigenvalue weighted by atomic mass is 10.1. The quantitative estimate of drug-likeness (QED) is 0.910. The molecule has 1 aliphatic carbocycles. The predicted molar refractivity (Wildman–Crippen MR) is 76.8 cm³/mol. The average Bonchev–Trinajstić information content (AvgIpc) is 3.02. The normalized spacial score (nSPS) is 22.1. The standard InChI is InChI=1S/C17H19FO3/c1-10-8-12(10)14-6-7-15(21-14)13(19)9-11-4-3-5-16(20-2)17(11)18/h3-7,10,12-13,19H,8-9H2,1-2H3. The van der Waals surface area contributed by atoms with Crippen molar-refractivity contribution in [2.24, 2.45) is 5.92 Å². The van der Waals surface area contributed by atoms with Gasteiger partial charge >= 0.3 is 0 Å². The number of rotatable bonds is 5. The molecule has 0 bridgehead atoms. The van der Waals surface area contributed by atoms with E-state index in [2.05, 4.69) is 6.92 Å². The summed E-state index contributed by atoms with van der Waals surface area (Å²) >= 11 is 0. The lowest BCUT2D eigenvalue weighted by Gasteiger charge is -2.11. The SMILES string of the molecule is COc1cccc(CC(O)c2ccc(C3CC3C)o2)c1F. The van der Waals surface area contributed by atoms with Crippen LogP contribution in [0.2, 0.25) is 0 Å². The predicted octanol–water partition coefficient (Wildman–Crippen LogP) is 3.83. The molecule has 112 valence electrons. The Balaban J connectivity index is 1.74. The van der Waals surface area contributed by atoms with Crippen molar-refractivity contribution < 1.29 is 18.7 Å². The van der Waals surface area contributed by atoms with Crippen molar-refractivity contribution in [3.05, 3.63) is 53.2 Å². The van der Waals surface area contributed by atoms with Gasteiger partial charge in [-0.25, -0.2) is 4.39 Å². The zero-order valence-electron chi connectivity index (χ0n) is 12.2. The molecule has 3 rings (SSSR count). The molecule has 3 unspecified atom stereocenters. The number of furan rings is 1. The van der Waals surface area contributed by atoms with E-state index >= 15 is 0 Å². The number of ether oxygens (including phenoxy) is 1. The van der Waals surface area contributed by atoms with Crippen LogP contribution in [-0.2, 0) is 6.42 Å². The smallest absolute Gasteiger partial charge is 0.168 e. The molecule has 21 heavy (non-hydrogen) atoms. The number of halogens is 1. The number of methoxy groups -OCH3 is 1. The molecule has 0 aliphatic heterocycles. The largest absolute Gasteiger partial charge is 0.494 e. The Morgan fingerprint density at radius 1 is 1.38 bits per heavy atom. The Labute approximate surface area is 123 Å². The van der Waals surface area contributed by atoms with Gasteiger partial charge in [0, 0.05) is 12.3 Å². The van der Waals surface area contributed by atoms with Crippen LogP contribution in [0, 0.1) is 11.7 Å². The summed E-state index contributed by atoms with van der Waals surface area (Å²) in [5.74, 6) is 2.29. The van der Waals surface area contributed by atoms with Crippen LogP contribution in [0.15, 0.2) is 34.7 Å². The van der Waals surface area contributed by atoms with E-state index in [1.54, 1.807) is 24.3 Å². The summed E-state index contributed by atoms with van der Waals surface area (Å²) in [5, 5.41) is 10.2. The second-order valence-electron chi connectivity index (χ2n) is 5.71. The van der Waals surface area contributed by atoms with E-state index in [0.717, 1.165) is 12.2 Å². The zero-order valence-corrected chi connectivity index (χ0v) is 12.2. The molecule has 1 aromatic carbocycles.